The van der Waals surface area contributed by atoms with Gasteiger partial charge in [0.15, 0.2) is 6.10 Å². The highest BCUT2D eigenvalue weighted by Crippen LogP contribution is 2.16. The van der Waals surface area contributed by atoms with Crippen molar-refractivity contribution in [3.05, 3.63) is 85.1 Å². The molecule has 0 rings (SSSR count). The van der Waals surface area contributed by atoms with Gasteiger partial charge < -0.3 is 28.5 Å². The van der Waals surface area contributed by atoms with Gasteiger partial charge in [0, 0.05) is 12.8 Å². The predicted molar refractivity (Wildman–Crippen MR) is 313 cm³/mol. The van der Waals surface area contributed by atoms with E-state index in [0.29, 0.717) is 17.4 Å². The van der Waals surface area contributed by atoms with Crippen molar-refractivity contribution in [1.82, 2.24) is 0 Å². The molecule has 0 aromatic heterocycles. The molecule has 0 spiro atoms. The molecule has 9 heteroatoms. The van der Waals surface area contributed by atoms with Crippen LogP contribution in [0.3, 0.4) is 0 Å². The maximum absolute atomic E-state index is 12.8. The smallest absolute Gasteiger partial charge is 0.361 e. The molecule has 2 unspecified atom stereocenters. The van der Waals surface area contributed by atoms with Gasteiger partial charge in [-0.15, -0.1) is 0 Å². The highest BCUT2D eigenvalue weighted by Gasteiger charge is 2.25. The third-order valence-electron chi connectivity index (χ3n) is 12.9. The minimum atomic E-state index is -1.51. The van der Waals surface area contributed by atoms with Gasteiger partial charge in [-0.3, -0.25) is 9.59 Å². The monoisotopic (exact) mass is 1040 g/mol. The maximum atomic E-state index is 12.8. The Morgan fingerprint density at radius 2 is 0.770 bits per heavy atom. The van der Waals surface area contributed by atoms with E-state index >= 15 is 0 Å². The number of unbranched alkanes of at least 4 members (excludes halogenated alkanes) is 26. The number of ether oxygens (including phenoxy) is 4. The van der Waals surface area contributed by atoms with Crippen LogP contribution < -0.4 is 0 Å². The Labute approximate surface area is 455 Å². The number of carboxylic acids is 1. The third-order valence-corrected chi connectivity index (χ3v) is 12.9. The van der Waals surface area contributed by atoms with Gasteiger partial charge >= 0.3 is 17.9 Å². The van der Waals surface area contributed by atoms with E-state index in [1.807, 2.05) is 21.1 Å². The average molecular weight is 1040 g/mol. The molecule has 74 heavy (non-hydrogen) atoms. The summed E-state index contributed by atoms with van der Waals surface area (Å²) in [6, 6.07) is 0. The number of carbonyl (C=O) groups is 3. The number of hydrogen-bond donors (Lipinski definition) is 1. The standard InChI is InChI=1S/C65H113NO8/c1-6-8-10-12-14-16-18-19-20-21-22-23-24-25-26-27-28-29-30-31-32-33-34-35-36-37-38-39-40-41-42-43-44-45-46-48-50-52-54-56-63(68)74-61(60-73-65(64(69)70)71-58-57-66(3,4)5)59-72-62(67)55-53-51-49-47-17-15-13-11-9-7-2/h8,10,14,16,19-20,22-23,25-26,28-29,31-32,61,65H,6-7,9,11-13,15,17-18,21,24,27,30,33-60H2,1-5H3/p+1/b10-8-,16-14-,20-19-,23-22-,26-25-,29-28-,32-31-. The lowest BCUT2D eigenvalue weighted by Crippen LogP contribution is -2.40. The molecule has 9 nitrogen and oxygen atoms in total. The van der Waals surface area contributed by atoms with Gasteiger partial charge in [-0.05, 0) is 70.6 Å². The predicted octanol–water partition coefficient (Wildman–Crippen LogP) is 18.0. The first kappa shape index (κ1) is 70.5. The average Bonchev–Trinajstić information content (AvgIpc) is 3.37. The molecule has 0 heterocycles. The van der Waals surface area contributed by atoms with Gasteiger partial charge in [-0.25, -0.2) is 4.79 Å². The molecule has 0 fully saturated rings. The van der Waals surface area contributed by atoms with E-state index in [4.69, 9.17) is 18.9 Å². The van der Waals surface area contributed by atoms with Crippen LogP contribution in [0.5, 0.6) is 0 Å². The van der Waals surface area contributed by atoms with Crippen LogP contribution in [-0.4, -0.2) is 87.4 Å². The summed E-state index contributed by atoms with van der Waals surface area (Å²) >= 11 is 0. The second kappa shape index (κ2) is 55.7. The Morgan fingerprint density at radius 1 is 0.419 bits per heavy atom. The quantitative estimate of drug-likeness (QED) is 0.0211. The van der Waals surface area contributed by atoms with Crippen LogP contribution in [0.4, 0.5) is 0 Å². The fourth-order valence-corrected chi connectivity index (χ4v) is 8.29. The van der Waals surface area contributed by atoms with Crippen LogP contribution in [0.15, 0.2) is 85.1 Å². The number of carbonyl (C=O) groups excluding carboxylic acids is 2. The third kappa shape index (κ3) is 56.2. The zero-order chi connectivity index (χ0) is 54.1. The van der Waals surface area contributed by atoms with Crippen LogP contribution in [0.1, 0.15) is 251 Å². The van der Waals surface area contributed by atoms with Crippen LogP contribution >= 0.6 is 0 Å². The summed E-state index contributed by atoms with van der Waals surface area (Å²) in [5.74, 6) is -2.00. The number of rotatable bonds is 55. The Hall–Kier alpha value is -3.53. The first-order valence-corrected chi connectivity index (χ1v) is 30.3. The number of aliphatic carboxylic acids is 1. The molecule has 0 aromatic rings. The van der Waals surface area contributed by atoms with Gasteiger partial charge in [-0.1, -0.05) is 253 Å². The van der Waals surface area contributed by atoms with E-state index in [2.05, 4.69) is 98.9 Å². The lowest BCUT2D eigenvalue weighted by Gasteiger charge is -2.25. The van der Waals surface area contributed by atoms with Crippen molar-refractivity contribution in [3.8, 4) is 0 Å². The normalized spacial score (nSPS) is 13.4. The first-order chi connectivity index (χ1) is 36.1. The largest absolute Gasteiger partial charge is 0.477 e. The number of nitrogens with zero attached hydrogens (tertiary/aromatic N) is 1. The van der Waals surface area contributed by atoms with Crippen molar-refractivity contribution >= 4 is 17.9 Å². The Balaban J connectivity index is 3.98. The summed E-state index contributed by atoms with van der Waals surface area (Å²) in [4.78, 5) is 37.3. The SMILES string of the molecule is CC/C=C\C/C=C\C/C=C\C/C=C\C/C=C\C/C=C\C/C=C\CCCCCCCCCCCCCCCCCCCC(=O)OC(COC(=O)CCCCCCCCCCCC)COC(OCC[N+](C)(C)C)C(=O)O. The zero-order valence-corrected chi connectivity index (χ0v) is 48.5. The summed E-state index contributed by atoms with van der Waals surface area (Å²) in [6.45, 7) is 4.75. The van der Waals surface area contributed by atoms with Gasteiger partial charge in [0.25, 0.3) is 6.29 Å². The number of likely N-dealkylation sites (N-methyl/N-ethyl adjacent to an activating group) is 1. The van der Waals surface area contributed by atoms with Crippen LogP contribution in [-0.2, 0) is 33.3 Å². The minimum absolute atomic E-state index is 0.180. The van der Waals surface area contributed by atoms with Crippen LogP contribution in [0.2, 0.25) is 0 Å². The van der Waals surface area contributed by atoms with E-state index in [9.17, 15) is 19.5 Å². The number of quaternary nitrogens is 1. The number of hydrogen-bond acceptors (Lipinski definition) is 7. The van der Waals surface area contributed by atoms with E-state index < -0.39 is 24.3 Å². The number of esters is 2. The molecule has 0 saturated carbocycles. The van der Waals surface area contributed by atoms with Gasteiger partial charge in [0.2, 0.25) is 0 Å². The minimum Gasteiger partial charge on any atom is -0.477 e. The summed E-state index contributed by atoms with van der Waals surface area (Å²) in [5, 5.41) is 9.67. The van der Waals surface area contributed by atoms with Gasteiger partial charge in [-0.2, -0.15) is 0 Å². The van der Waals surface area contributed by atoms with Crippen molar-refractivity contribution < 1.29 is 42.9 Å². The van der Waals surface area contributed by atoms with E-state index in [1.165, 1.54) is 141 Å². The molecule has 0 aliphatic carbocycles. The second-order valence-electron chi connectivity index (χ2n) is 21.3. The highest BCUT2D eigenvalue weighted by molar-refractivity contribution is 5.71. The summed E-state index contributed by atoms with van der Waals surface area (Å²) in [5.41, 5.74) is 0. The van der Waals surface area contributed by atoms with E-state index in [-0.39, 0.29) is 32.2 Å². The van der Waals surface area contributed by atoms with Gasteiger partial charge in [0.1, 0.15) is 13.2 Å². The molecule has 0 saturated heterocycles. The van der Waals surface area contributed by atoms with E-state index in [0.717, 1.165) is 83.5 Å². The second-order valence-corrected chi connectivity index (χ2v) is 21.3. The highest BCUT2D eigenvalue weighted by atomic mass is 16.7. The van der Waals surface area contributed by atoms with Crippen molar-refractivity contribution in [3.63, 3.8) is 0 Å². The topological polar surface area (TPSA) is 108 Å². The van der Waals surface area contributed by atoms with Gasteiger partial charge in [0.05, 0.1) is 34.4 Å². The van der Waals surface area contributed by atoms with Crippen molar-refractivity contribution in [1.29, 1.82) is 0 Å². The molecule has 2 atom stereocenters. The molecule has 426 valence electrons. The Bertz CT molecular complexity index is 1490. The molecule has 0 radical (unpaired) electrons. The Kier molecular flexibility index (Phi) is 53.0. The summed E-state index contributed by atoms with van der Waals surface area (Å²) < 4.78 is 22.8. The summed E-state index contributed by atoms with van der Waals surface area (Å²) in [6.07, 6.45) is 71.2. The van der Waals surface area contributed by atoms with Crippen LogP contribution in [0, 0.1) is 0 Å². The lowest BCUT2D eigenvalue weighted by atomic mass is 10.0. The Morgan fingerprint density at radius 3 is 1.15 bits per heavy atom. The van der Waals surface area contributed by atoms with Crippen molar-refractivity contribution in [2.45, 2.75) is 264 Å². The maximum Gasteiger partial charge on any atom is 0.361 e. The van der Waals surface area contributed by atoms with Crippen molar-refractivity contribution in [2.24, 2.45) is 0 Å². The lowest BCUT2D eigenvalue weighted by molar-refractivity contribution is -0.870. The molecule has 0 aliphatic heterocycles. The first-order valence-electron chi connectivity index (χ1n) is 30.3. The summed E-state index contributed by atoms with van der Waals surface area (Å²) in [7, 11) is 5.96. The fourth-order valence-electron chi connectivity index (χ4n) is 8.29. The number of carboxylic acid groups (broad SMARTS) is 1. The fraction of sp³-hybridized carbons (Fsp3) is 0.738. The molecule has 0 bridgehead atoms. The molecule has 0 aliphatic rings. The number of allylic oxidation sites excluding steroid dienone is 14. The molecule has 0 amide bonds. The van der Waals surface area contributed by atoms with Crippen LogP contribution in [0.25, 0.3) is 0 Å². The molecular weight excluding hydrogens is 923 g/mol. The van der Waals surface area contributed by atoms with Crippen molar-refractivity contribution in [2.75, 3.05) is 47.5 Å². The van der Waals surface area contributed by atoms with E-state index in [1.54, 1.807) is 0 Å². The molecule has 1 N–H and O–H groups in total. The molecular formula is C65H114NO8+. The zero-order valence-electron chi connectivity index (χ0n) is 48.5. The molecule has 0 aromatic carbocycles.